The van der Waals surface area contributed by atoms with Gasteiger partial charge in [-0.15, -0.1) is 0 Å². The standard InChI is InChI=1S/C27H36FN3O5/c28-21-13-7-12-20(16-21)27(36)31-15-14-30(26(35)19-10-5-2-6-11-19)25(31)24(34)29-22(17-23(32)33)18-8-3-1-4-9-18/h7,12-13,16,18-19,22,25H,1-6,8-11,14-15,17H2,(H,29,34)(H,32,33). The van der Waals surface area contributed by atoms with E-state index in [1.165, 1.54) is 28.0 Å². The molecule has 9 heteroatoms. The molecular weight excluding hydrogens is 465 g/mol. The third kappa shape index (κ3) is 6.05. The quantitative estimate of drug-likeness (QED) is 0.594. The average Bonchev–Trinajstić information content (AvgIpc) is 3.33. The van der Waals surface area contributed by atoms with Gasteiger partial charge < -0.3 is 20.2 Å². The molecular formula is C27H36FN3O5. The summed E-state index contributed by atoms with van der Waals surface area (Å²) in [7, 11) is 0. The minimum absolute atomic E-state index is 0.0371. The van der Waals surface area contributed by atoms with Crippen molar-refractivity contribution in [3.8, 4) is 0 Å². The number of halogens is 1. The van der Waals surface area contributed by atoms with Gasteiger partial charge in [-0.05, 0) is 49.8 Å². The molecule has 1 aromatic carbocycles. The third-order valence-corrected chi connectivity index (χ3v) is 7.92. The van der Waals surface area contributed by atoms with Gasteiger partial charge in [-0.25, -0.2) is 4.39 Å². The van der Waals surface area contributed by atoms with Crippen LogP contribution < -0.4 is 5.32 Å². The molecule has 0 radical (unpaired) electrons. The molecule has 2 unspecified atom stereocenters. The highest BCUT2D eigenvalue weighted by Gasteiger charge is 2.45. The second kappa shape index (κ2) is 11.8. The Kier molecular flexibility index (Phi) is 8.59. The van der Waals surface area contributed by atoms with Gasteiger partial charge in [0.15, 0.2) is 6.17 Å². The van der Waals surface area contributed by atoms with Crippen LogP contribution in [0.4, 0.5) is 4.39 Å². The van der Waals surface area contributed by atoms with E-state index in [0.29, 0.717) is 0 Å². The van der Waals surface area contributed by atoms with Gasteiger partial charge in [0, 0.05) is 30.6 Å². The van der Waals surface area contributed by atoms with Gasteiger partial charge in [-0.2, -0.15) is 0 Å². The predicted molar refractivity (Wildman–Crippen MR) is 130 cm³/mol. The Morgan fingerprint density at radius 1 is 0.944 bits per heavy atom. The van der Waals surface area contributed by atoms with Gasteiger partial charge in [-0.1, -0.05) is 44.6 Å². The Labute approximate surface area is 211 Å². The minimum atomic E-state index is -1.19. The lowest BCUT2D eigenvalue weighted by atomic mass is 9.82. The summed E-state index contributed by atoms with van der Waals surface area (Å²) in [6.07, 6.45) is 7.82. The second-order valence-corrected chi connectivity index (χ2v) is 10.4. The highest BCUT2D eigenvalue weighted by molar-refractivity contribution is 5.99. The molecule has 3 amide bonds. The van der Waals surface area contributed by atoms with Crippen LogP contribution >= 0.6 is 0 Å². The molecule has 1 aromatic rings. The number of hydrogen-bond acceptors (Lipinski definition) is 4. The van der Waals surface area contributed by atoms with Crippen LogP contribution in [-0.2, 0) is 14.4 Å². The molecule has 0 spiro atoms. The predicted octanol–water partition coefficient (Wildman–Crippen LogP) is 3.56. The van der Waals surface area contributed by atoms with E-state index in [4.69, 9.17) is 0 Å². The van der Waals surface area contributed by atoms with Crippen LogP contribution in [0.1, 0.15) is 81.0 Å². The number of rotatable bonds is 7. The van der Waals surface area contributed by atoms with E-state index in [2.05, 4.69) is 5.32 Å². The molecule has 0 bridgehead atoms. The summed E-state index contributed by atoms with van der Waals surface area (Å²) in [6.45, 7) is 0.362. The van der Waals surface area contributed by atoms with Crippen molar-refractivity contribution in [3.05, 3.63) is 35.6 Å². The van der Waals surface area contributed by atoms with Crippen LogP contribution in [0.2, 0.25) is 0 Å². The number of nitrogens with zero attached hydrogens (tertiary/aromatic N) is 2. The highest BCUT2D eigenvalue weighted by Crippen LogP contribution is 2.31. The summed E-state index contributed by atoms with van der Waals surface area (Å²) in [6, 6.07) is 4.71. The fourth-order valence-electron chi connectivity index (χ4n) is 6.04. The third-order valence-electron chi connectivity index (χ3n) is 7.92. The molecule has 1 heterocycles. The molecule has 1 saturated heterocycles. The van der Waals surface area contributed by atoms with E-state index in [-0.39, 0.29) is 42.8 Å². The zero-order chi connectivity index (χ0) is 25.7. The van der Waals surface area contributed by atoms with Crippen molar-refractivity contribution in [1.82, 2.24) is 15.1 Å². The number of benzene rings is 1. The number of carbonyl (C=O) groups excluding carboxylic acids is 3. The first-order chi connectivity index (χ1) is 17.3. The van der Waals surface area contributed by atoms with Gasteiger partial charge in [0.1, 0.15) is 5.82 Å². The maximum absolute atomic E-state index is 13.8. The Morgan fingerprint density at radius 2 is 1.58 bits per heavy atom. The maximum atomic E-state index is 13.8. The molecule has 3 aliphatic rings. The molecule has 2 aliphatic carbocycles. The summed E-state index contributed by atoms with van der Waals surface area (Å²) in [4.78, 5) is 55.0. The SMILES string of the molecule is O=C(O)CC(NC(=O)C1N(C(=O)c2cccc(F)c2)CCN1C(=O)C1CCCCC1)C1CCCCC1. The van der Waals surface area contributed by atoms with Gasteiger partial charge in [0.2, 0.25) is 5.91 Å². The molecule has 4 rings (SSSR count). The van der Waals surface area contributed by atoms with Crippen molar-refractivity contribution in [2.24, 2.45) is 11.8 Å². The first-order valence-corrected chi connectivity index (χ1v) is 13.2. The van der Waals surface area contributed by atoms with Gasteiger partial charge in [0.25, 0.3) is 11.8 Å². The zero-order valence-corrected chi connectivity index (χ0v) is 20.7. The van der Waals surface area contributed by atoms with Crippen LogP contribution in [0.15, 0.2) is 24.3 Å². The first-order valence-electron chi connectivity index (χ1n) is 13.2. The molecule has 3 fully saturated rings. The summed E-state index contributed by atoms with van der Waals surface area (Å²) in [5, 5.41) is 12.4. The Balaban J connectivity index is 1.59. The summed E-state index contributed by atoms with van der Waals surface area (Å²) < 4.78 is 13.8. The van der Waals surface area contributed by atoms with Gasteiger partial charge in [0.05, 0.1) is 6.42 Å². The van der Waals surface area contributed by atoms with E-state index in [1.54, 1.807) is 0 Å². The minimum Gasteiger partial charge on any atom is -0.481 e. The first kappa shape index (κ1) is 26.1. The fourth-order valence-corrected chi connectivity index (χ4v) is 6.04. The maximum Gasteiger partial charge on any atom is 0.305 e. The Bertz CT molecular complexity index is 974. The van der Waals surface area contributed by atoms with Crippen molar-refractivity contribution >= 4 is 23.7 Å². The van der Waals surface area contributed by atoms with E-state index < -0.39 is 35.8 Å². The lowest BCUT2D eigenvalue weighted by Gasteiger charge is -2.35. The highest BCUT2D eigenvalue weighted by atomic mass is 19.1. The lowest BCUT2D eigenvalue weighted by molar-refractivity contribution is -0.146. The van der Waals surface area contributed by atoms with E-state index in [0.717, 1.165) is 70.3 Å². The molecule has 2 atom stereocenters. The molecule has 1 aliphatic heterocycles. The summed E-state index contributed by atoms with van der Waals surface area (Å²) in [5.41, 5.74) is 0.106. The van der Waals surface area contributed by atoms with Crippen LogP contribution in [0.5, 0.6) is 0 Å². The Morgan fingerprint density at radius 3 is 2.22 bits per heavy atom. The largest absolute Gasteiger partial charge is 0.481 e. The van der Waals surface area contributed by atoms with Gasteiger partial charge in [-0.3, -0.25) is 19.2 Å². The molecule has 0 aromatic heterocycles. The van der Waals surface area contributed by atoms with E-state index in [1.807, 2.05) is 0 Å². The number of amides is 3. The smallest absolute Gasteiger partial charge is 0.305 e. The topological polar surface area (TPSA) is 107 Å². The van der Waals surface area contributed by atoms with Crippen LogP contribution in [0.3, 0.4) is 0 Å². The molecule has 2 N–H and O–H groups in total. The van der Waals surface area contributed by atoms with E-state index in [9.17, 15) is 28.7 Å². The summed E-state index contributed by atoms with van der Waals surface area (Å²) >= 11 is 0. The second-order valence-electron chi connectivity index (χ2n) is 10.4. The number of carbonyl (C=O) groups is 4. The van der Waals surface area contributed by atoms with Crippen molar-refractivity contribution < 1.29 is 28.7 Å². The lowest BCUT2D eigenvalue weighted by Crippen LogP contribution is -2.57. The van der Waals surface area contributed by atoms with Gasteiger partial charge >= 0.3 is 5.97 Å². The van der Waals surface area contributed by atoms with Crippen molar-refractivity contribution in [1.29, 1.82) is 0 Å². The number of carboxylic acid groups (broad SMARTS) is 1. The number of hydrogen-bond donors (Lipinski definition) is 2. The van der Waals surface area contributed by atoms with E-state index >= 15 is 0 Å². The number of aliphatic carboxylic acids is 1. The molecule has 196 valence electrons. The molecule has 36 heavy (non-hydrogen) atoms. The Hall–Kier alpha value is -2.97. The summed E-state index contributed by atoms with van der Waals surface area (Å²) in [5.74, 6) is -2.92. The monoisotopic (exact) mass is 501 g/mol. The van der Waals surface area contributed by atoms with Crippen molar-refractivity contribution in [2.75, 3.05) is 13.1 Å². The molecule has 2 saturated carbocycles. The van der Waals surface area contributed by atoms with Crippen LogP contribution in [0, 0.1) is 17.7 Å². The van der Waals surface area contributed by atoms with Crippen LogP contribution in [0.25, 0.3) is 0 Å². The fraction of sp³-hybridized carbons (Fsp3) is 0.630. The van der Waals surface area contributed by atoms with Crippen LogP contribution in [-0.4, -0.2) is 63.9 Å². The average molecular weight is 502 g/mol. The van der Waals surface area contributed by atoms with Crippen molar-refractivity contribution in [3.63, 3.8) is 0 Å². The number of nitrogens with one attached hydrogen (secondary N) is 1. The normalized spacial score (nSPS) is 22.3. The number of carboxylic acids is 1. The van der Waals surface area contributed by atoms with Crippen molar-refractivity contribution in [2.45, 2.75) is 82.8 Å². The molecule has 8 nitrogen and oxygen atoms in total. The zero-order valence-electron chi connectivity index (χ0n) is 20.7.